The zero-order chi connectivity index (χ0) is 10.4. The fourth-order valence-electron chi connectivity index (χ4n) is 0.439. The van der Waals surface area contributed by atoms with E-state index >= 15 is 0 Å². The van der Waals surface area contributed by atoms with Gasteiger partial charge >= 0.3 is 0 Å². The van der Waals surface area contributed by atoms with Gasteiger partial charge in [-0.05, 0) is 0 Å². The van der Waals surface area contributed by atoms with Crippen LogP contribution < -0.4 is 0 Å². The van der Waals surface area contributed by atoms with Gasteiger partial charge in [0.15, 0.2) is 12.3 Å². The lowest BCUT2D eigenvalue weighted by atomic mass is 10.4. The van der Waals surface area contributed by atoms with Gasteiger partial charge in [0.2, 0.25) is 0 Å². The summed E-state index contributed by atoms with van der Waals surface area (Å²) in [5.74, 6) is 0. The molecule has 0 fully saturated rings. The monoisotopic (exact) mass is 210 g/mol. The maximum absolute atomic E-state index is 12.0. The second kappa shape index (κ2) is 6.06. The van der Waals surface area contributed by atoms with Crippen LogP contribution in [0.1, 0.15) is 0 Å². The first-order valence-corrected chi connectivity index (χ1v) is 3.37. The molecule has 7 heteroatoms. The summed E-state index contributed by atoms with van der Waals surface area (Å²) >= 11 is 0. The zero-order valence-electron chi connectivity index (χ0n) is 6.40. The SMILES string of the molecule is FC(F)C(F)COCC(F)C(F)F. The van der Waals surface area contributed by atoms with Crippen LogP contribution in [-0.2, 0) is 4.74 Å². The van der Waals surface area contributed by atoms with Crippen LogP contribution >= 0.6 is 0 Å². The van der Waals surface area contributed by atoms with Crippen molar-refractivity contribution in [2.45, 2.75) is 25.2 Å². The molecule has 0 aliphatic heterocycles. The lowest BCUT2D eigenvalue weighted by molar-refractivity contribution is -0.0477. The van der Waals surface area contributed by atoms with Crippen molar-refractivity contribution in [2.75, 3.05) is 13.2 Å². The van der Waals surface area contributed by atoms with Crippen LogP contribution in [0.4, 0.5) is 26.3 Å². The molecule has 2 atom stereocenters. The highest BCUT2D eigenvalue weighted by molar-refractivity contribution is 4.60. The van der Waals surface area contributed by atoms with Crippen LogP contribution in [0.25, 0.3) is 0 Å². The van der Waals surface area contributed by atoms with E-state index in [9.17, 15) is 26.3 Å². The van der Waals surface area contributed by atoms with Crippen LogP contribution in [0, 0.1) is 0 Å². The van der Waals surface area contributed by atoms with E-state index in [1.807, 2.05) is 0 Å². The number of halogens is 6. The fourth-order valence-corrected chi connectivity index (χ4v) is 0.439. The number of hydrogen-bond donors (Lipinski definition) is 0. The summed E-state index contributed by atoms with van der Waals surface area (Å²) in [6.45, 7) is -2.16. The average Bonchev–Trinajstić information content (AvgIpc) is 2.03. The molecule has 0 rings (SSSR count). The van der Waals surface area contributed by atoms with Crippen molar-refractivity contribution < 1.29 is 31.1 Å². The zero-order valence-corrected chi connectivity index (χ0v) is 6.40. The Hall–Kier alpha value is -0.460. The first-order chi connectivity index (χ1) is 5.95. The number of rotatable bonds is 6. The molecule has 0 aromatic carbocycles. The van der Waals surface area contributed by atoms with Crippen molar-refractivity contribution in [1.29, 1.82) is 0 Å². The largest absolute Gasteiger partial charge is 0.375 e. The second-order valence-electron chi connectivity index (χ2n) is 2.24. The summed E-state index contributed by atoms with van der Waals surface area (Å²) in [7, 11) is 0. The highest BCUT2D eigenvalue weighted by Gasteiger charge is 2.23. The molecule has 0 aliphatic carbocycles. The summed E-state index contributed by atoms with van der Waals surface area (Å²) in [6, 6.07) is 0. The third kappa shape index (κ3) is 5.73. The second-order valence-corrected chi connectivity index (χ2v) is 2.24. The minimum atomic E-state index is -3.25. The number of hydrogen-bond acceptors (Lipinski definition) is 1. The summed E-state index contributed by atoms with van der Waals surface area (Å²) in [4.78, 5) is 0. The van der Waals surface area contributed by atoms with E-state index in [-0.39, 0.29) is 0 Å². The van der Waals surface area contributed by atoms with Gasteiger partial charge in [-0.2, -0.15) is 0 Å². The minimum Gasteiger partial charge on any atom is -0.375 e. The van der Waals surface area contributed by atoms with Gasteiger partial charge in [-0.1, -0.05) is 0 Å². The van der Waals surface area contributed by atoms with Gasteiger partial charge in [-0.25, -0.2) is 26.3 Å². The van der Waals surface area contributed by atoms with Crippen molar-refractivity contribution in [1.82, 2.24) is 0 Å². The smallest absolute Gasteiger partial charge is 0.271 e. The molecule has 0 saturated carbocycles. The Kier molecular flexibility index (Phi) is 5.85. The first-order valence-electron chi connectivity index (χ1n) is 3.37. The molecule has 0 heterocycles. The molecule has 80 valence electrons. The molecule has 0 aromatic rings. The van der Waals surface area contributed by atoms with Crippen molar-refractivity contribution >= 4 is 0 Å². The van der Waals surface area contributed by atoms with E-state index < -0.39 is 38.4 Å². The van der Waals surface area contributed by atoms with Gasteiger partial charge in [0, 0.05) is 0 Å². The molecule has 0 radical (unpaired) electrons. The lowest BCUT2D eigenvalue weighted by Gasteiger charge is -2.10. The lowest BCUT2D eigenvalue weighted by Crippen LogP contribution is -2.24. The first kappa shape index (κ1) is 12.5. The van der Waals surface area contributed by atoms with Gasteiger partial charge in [0.05, 0.1) is 13.2 Å². The van der Waals surface area contributed by atoms with Crippen LogP contribution in [-0.4, -0.2) is 38.4 Å². The van der Waals surface area contributed by atoms with E-state index in [1.165, 1.54) is 0 Å². The third-order valence-electron chi connectivity index (χ3n) is 1.10. The number of ether oxygens (including phenoxy) is 1. The molecule has 0 aliphatic rings. The van der Waals surface area contributed by atoms with Crippen LogP contribution in [0.15, 0.2) is 0 Å². The van der Waals surface area contributed by atoms with Crippen LogP contribution in [0.2, 0.25) is 0 Å². The Morgan fingerprint density at radius 2 is 1.00 bits per heavy atom. The van der Waals surface area contributed by atoms with E-state index in [1.54, 1.807) is 0 Å². The van der Waals surface area contributed by atoms with Crippen molar-refractivity contribution in [3.63, 3.8) is 0 Å². The van der Waals surface area contributed by atoms with E-state index in [0.29, 0.717) is 0 Å². The molecule has 2 unspecified atom stereocenters. The summed E-state index contributed by atoms with van der Waals surface area (Å²) in [5, 5.41) is 0. The third-order valence-corrected chi connectivity index (χ3v) is 1.10. The average molecular weight is 210 g/mol. The predicted octanol–water partition coefficient (Wildman–Crippen LogP) is 2.21. The van der Waals surface area contributed by atoms with Crippen LogP contribution in [0.3, 0.4) is 0 Å². The van der Waals surface area contributed by atoms with Crippen LogP contribution in [0.5, 0.6) is 0 Å². The summed E-state index contributed by atoms with van der Waals surface area (Å²) in [5.41, 5.74) is 0. The topological polar surface area (TPSA) is 9.23 Å². The normalized spacial score (nSPS) is 16.6. The molecule has 1 nitrogen and oxygen atoms in total. The van der Waals surface area contributed by atoms with Gasteiger partial charge in [-0.3, -0.25) is 0 Å². The highest BCUT2D eigenvalue weighted by atomic mass is 19.3. The van der Waals surface area contributed by atoms with E-state index in [4.69, 9.17) is 0 Å². The van der Waals surface area contributed by atoms with Gasteiger partial charge in [0.25, 0.3) is 12.9 Å². The molecule has 0 bridgehead atoms. The molecule has 0 spiro atoms. The summed E-state index contributed by atoms with van der Waals surface area (Å²) in [6.07, 6.45) is -11.6. The minimum absolute atomic E-state index is 1.08. The van der Waals surface area contributed by atoms with Gasteiger partial charge in [0.1, 0.15) is 0 Å². The molecule has 13 heavy (non-hydrogen) atoms. The van der Waals surface area contributed by atoms with Crippen molar-refractivity contribution in [2.24, 2.45) is 0 Å². The Balaban J connectivity index is 3.45. The Bertz CT molecular complexity index is 116. The molecule has 0 saturated heterocycles. The Morgan fingerprint density at radius 3 is 1.23 bits per heavy atom. The predicted molar refractivity (Wildman–Crippen MR) is 32.6 cm³/mol. The fraction of sp³-hybridized carbons (Fsp3) is 1.00. The Labute approximate surface area is 70.7 Å². The maximum atomic E-state index is 12.0. The molecular weight excluding hydrogens is 202 g/mol. The molecule has 0 amide bonds. The quantitative estimate of drug-likeness (QED) is 0.610. The molecule has 0 N–H and O–H groups in total. The Morgan fingerprint density at radius 1 is 0.692 bits per heavy atom. The van der Waals surface area contributed by atoms with Gasteiger partial charge in [-0.15, -0.1) is 0 Å². The van der Waals surface area contributed by atoms with E-state index in [2.05, 4.69) is 4.74 Å². The van der Waals surface area contributed by atoms with Crippen molar-refractivity contribution in [3.8, 4) is 0 Å². The number of alkyl halides is 6. The standard InChI is InChI=1S/C6H8F6O/c7-3(5(9)10)1-13-2-4(8)6(11)12/h3-6H,1-2H2. The highest BCUT2D eigenvalue weighted by Crippen LogP contribution is 2.08. The summed E-state index contributed by atoms with van der Waals surface area (Å²) < 4.78 is 73.6. The molecular formula is C6H8F6O. The van der Waals surface area contributed by atoms with E-state index in [0.717, 1.165) is 0 Å². The molecule has 0 aromatic heterocycles. The maximum Gasteiger partial charge on any atom is 0.271 e. The van der Waals surface area contributed by atoms with Crippen molar-refractivity contribution in [3.05, 3.63) is 0 Å². The van der Waals surface area contributed by atoms with Gasteiger partial charge < -0.3 is 4.74 Å².